The van der Waals surface area contributed by atoms with E-state index in [2.05, 4.69) is 5.32 Å². The number of urea groups is 1. The van der Waals surface area contributed by atoms with E-state index in [9.17, 15) is 14.7 Å². The highest BCUT2D eigenvalue weighted by atomic mass is 16.5. The van der Waals surface area contributed by atoms with Gasteiger partial charge >= 0.3 is 12.0 Å². The fourth-order valence-electron chi connectivity index (χ4n) is 2.16. The molecular weight excluding hydrogens is 252 g/mol. The van der Waals surface area contributed by atoms with Crippen molar-refractivity contribution in [1.82, 2.24) is 10.2 Å². The second kappa shape index (κ2) is 6.21. The molecule has 0 spiro atoms. The molecule has 110 valence electrons. The number of carbonyl (C=O) groups excluding carboxylic acids is 1. The van der Waals surface area contributed by atoms with Gasteiger partial charge in [-0.15, -0.1) is 0 Å². The summed E-state index contributed by atoms with van der Waals surface area (Å²) in [5, 5.41) is 21.0. The second-order valence-electron chi connectivity index (χ2n) is 5.27. The molecule has 7 nitrogen and oxygen atoms in total. The molecule has 1 saturated heterocycles. The lowest BCUT2D eigenvalue weighted by molar-refractivity contribution is -0.141. The Morgan fingerprint density at radius 1 is 1.53 bits per heavy atom. The lowest BCUT2D eigenvalue weighted by Gasteiger charge is -2.29. The zero-order chi connectivity index (χ0) is 14.6. The molecule has 1 heterocycles. The van der Waals surface area contributed by atoms with Gasteiger partial charge in [0.15, 0.2) is 0 Å². The van der Waals surface area contributed by atoms with Crippen LogP contribution in [0.3, 0.4) is 0 Å². The van der Waals surface area contributed by atoms with Gasteiger partial charge < -0.3 is 25.2 Å². The first-order valence-corrected chi connectivity index (χ1v) is 6.29. The molecular formula is C12H22N2O5. The van der Waals surface area contributed by atoms with Gasteiger partial charge in [0.25, 0.3) is 0 Å². The van der Waals surface area contributed by atoms with Gasteiger partial charge in [0, 0.05) is 20.2 Å². The Kier molecular flexibility index (Phi) is 5.13. The van der Waals surface area contributed by atoms with Crippen molar-refractivity contribution in [3.05, 3.63) is 0 Å². The molecule has 1 aliphatic rings. The van der Waals surface area contributed by atoms with Crippen LogP contribution in [-0.2, 0) is 9.53 Å². The SMILES string of the molecule is CC1OCCC1N(C)C(=O)NCC(C)(O)CC(=O)O. The van der Waals surface area contributed by atoms with E-state index in [0.29, 0.717) is 6.61 Å². The van der Waals surface area contributed by atoms with E-state index in [1.54, 1.807) is 7.05 Å². The Hall–Kier alpha value is -1.34. The van der Waals surface area contributed by atoms with Crippen LogP contribution in [0.4, 0.5) is 4.79 Å². The highest BCUT2D eigenvalue weighted by Gasteiger charge is 2.32. The topological polar surface area (TPSA) is 99.1 Å². The summed E-state index contributed by atoms with van der Waals surface area (Å²) in [6.45, 7) is 3.80. The van der Waals surface area contributed by atoms with E-state index in [1.807, 2.05) is 6.92 Å². The average molecular weight is 274 g/mol. The van der Waals surface area contributed by atoms with Crippen LogP contribution in [-0.4, -0.2) is 65.1 Å². The minimum absolute atomic E-state index is 0.00410. The molecule has 0 aliphatic carbocycles. The van der Waals surface area contributed by atoms with Crippen LogP contribution in [0, 0.1) is 0 Å². The number of nitrogens with one attached hydrogen (secondary N) is 1. The number of aliphatic hydroxyl groups is 1. The first kappa shape index (κ1) is 15.7. The fraction of sp³-hybridized carbons (Fsp3) is 0.833. The molecule has 0 bridgehead atoms. The predicted octanol–water partition coefficient (Wildman–Crippen LogP) is 0.0309. The summed E-state index contributed by atoms with van der Waals surface area (Å²) in [7, 11) is 1.66. The van der Waals surface area contributed by atoms with Gasteiger partial charge in [-0.3, -0.25) is 4.79 Å². The van der Waals surface area contributed by atoms with Crippen LogP contribution < -0.4 is 5.32 Å². The standard InChI is InChI=1S/C12H22N2O5/c1-8-9(4-5-19-8)14(3)11(17)13-7-12(2,18)6-10(15)16/h8-9,18H,4-7H2,1-3H3,(H,13,17)(H,15,16). The maximum absolute atomic E-state index is 11.9. The monoisotopic (exact) mass is 274 g/mol. The van der Waals surface area contributed by atoms with Crippen LogP contribution in [0.25, 0.3) is 0 Å². The van der Waals surface area contributed by atoms with Crippen LogP contribution in [0.15, 0.2) is 0 Å². The van der Waals surface area contributed by atoms with Gasteiger partial charge in [-0.25, -0.2) is 4.79 Å². The van der Waals surface area contributed by atoms with Gasteiger partial charge in [0.2, 0.25) is 0 Å². The molecule has 19 heavy (non-hydrogen) atoms. The summed E-state index contributed by atoms with van der Waals surface area (Å²) in [5.74, 6) is -1.11. The molecule has 7 heteroatoms. The number of carboxylic acids is 1. The second-order valence-corrected chi connectivity index (χ2v) is 5.27. The third-order valence-corrected chi connectivity index (χ3v) is 3.31. The molecule has 3 atom stereocenters. The minimum Gasteiger partial charge on any atom is -0.481 e. The summed E-state index contributed by atoms with van der Waals surface area (Å²) in [5.41, 5.74) is -1.46. The molecule has 0 aromatic carbocycles. The predicted molar refractivity (Wildman–Crippen MR) is 67.9 cm³/mol. The number of likely N-dealkylation sites (N-methyl/N-ethyl adjacent to an activating group) is 1. The molecule has 0 aromatic heterocycles. The Morgan fingerprint density at radius 3 is 2.63 bits per heavy atom. The Morgan fingerprint density at radius 2 is 2.16 bits per heavy atom. The van der Waals surface area contributed by atoms with Crippen LogP contribution >= 0.6 is 0 Å². The number of hydrogen-bond donors (Lipinski definition) is 3. The summed E-state index contributed by atoms with van der Waals surface area (Å²) >= 11 is 0. The van der Waals surface area contributed by atoms with Crippen molar-refractivity contribution in [3.8, 4) is 0 Å². The Bertz CT molecular complexity index is 345. The molecule has 0 aromatic rings. The van der Waals surface area contributed by atoms with Gasteiger partial charge in [0.05, 0.1) is 24.2 Å². The first-order chi connectivity index (χ1) is 8.73. The quantitative estimate of drug-likeness (QED) is 0.657. The highest BCUT2D eigenvalue weighted by Crippen LogP contribution is 2.18. The van der Waals surface area contributed by atoms with E-state index in [-0.39, 0.29) is 24.7 Å². The van der Waals surface area contributed by atoms with E-state index < -0.39 is 18.0 Å². The molecule has 3 unspecified atom stereocenters. The number of rotatable bonds is 5. The highest BCUT2D eigenvalue weighted by molar-refractivity contribution is 5.74. The first-order valence-electron chi connectivity index (χ1n) is 6.29. The lowest BCUT2D eigenvalue weighted by Crippen LogP contribution is -2.50. The number of amides is 2. The fourth-order valence-corrected chi connectivity index (χ4v) is 2.16. The largest absolute Gasteiger partial charge is 0.481 e. The molecule has 0 radical (unpaired) electrons. The number of carbonyl (C=O) groups is 2. The van der Waals surface area contributed by atoms with Crippen LogP contribution in [0.2, 0.25) is 0 Å². The molecule has 1 aliphatic heterocycles. The molecule has 2 amide bonds. The normalized spacial score (nSPS) is 25.7. The van der Waals surface area contributed by atoms with E-state index >= 15 is 0 Å². The molecule has 0 saturated carbocycles. The van der Waals surface area contributed by atoms with Crippen LogP contribution in [0.5, 0.6) is 0 Å². The molecule has 3 N–H and O–H groups in total. The third-order valence-electron chi connectivity index (χ3n) is 3.31. The van der Waals surface area contributed by atoms with Crippen molar-refractivity contribution in [1.29, 1.82) is 0 Å². The van der Waals surface area contributed by atoms with E-state index in [0.717, 1.165) is 6.42 Å². The molecule has 1 fully saturated rings. The summed E-state index contributed by atoms with van der Waals surface area (Å²) in [6.07, 6.45) is 0.339. The number of hydrogen-bond acceptors (Lipinski definition) is 4. The van der Waals surface area contributed by atoms with E-state index in [4.69, 9.17) is 9.84 Å². The number of ether oxygens (including phenoxy) is 1. The van der Waals surface area contributed by atoms with Gasteiger partial charge in [0.1, 0.15) is 0 Å². The molecule has 1 rings (SSSR count). The summed E-state index contributed by atoms with van der Waals surface area (Å²) in [6, 6.07) is -0.336. The number of aliphatic carboxylic acids is 1. The summed E-state index contributed by atoms with van der Waals surface area (Å²) in [4.78, 5) is 24.0. The van der Waals surface area contributed by atoms with Crippen molar-refractivity contribution in [3.63, 3.8) is 0 Å². The number of carboxylic acid groups (broad SMARTS) is 1. The Labute approximate surface area is 112 Å². The van der Waals surface area contributed by atoms with Crippen molar-refractivity contribution in [2.75, 3.05) is 20.2 Å². The van der Waals surface area contributed by atoms with Crippen molar-refractivity contribution in [2.24, 2.45) is 0 Å². The third kappa shape index (κ3) is 4.68. The maximum atomic E-state index is 11.9. The van der Waals surface area contributed by atoms with Crippen LogP contribution in [0.1, 0.15) is 26.7 Å². The van der Waals surface area contributed by atoms with Crippen molar-refractivity contribution >= 4 is 12.0 Å². The average Bonchev–Trinajstić information content (AvgIpc) is 2.69. The Balaban J connectivity index is 2.44. The van der Waals surface area contributed by atoms with Gasteiger partial charge in [-0.1, -0.05) is 0 Å². The van der Waals surface area contributed by atoms with Crippen molar-refractivity contribution < 1.29 is 24.5 Å². The minimum atomic E-state index is -1.46. The lowest BCUT2D eigenvalue weighted by atomic mass is 10.0. The zero-order valence-corrected chi connectivity index (χ0v) is 11.5. The zero-order valence-electron chi connectivity index (χ0n) is 11.5. The number of nitrogens with zero attached hydrogens (tertiary/aromatic N) is 1. The van der Waals surface area contributed by atoms with Crippen molar-refractivity contribution in [2.45, 2.75) is 44.4 Å². The van der Waals surface area contributed by atoms with Gasteiger partial charge in [-0.05, 0) is 20.3 Å². The maximum Gasteiger partial charge on any atom is 0.317 e. The smallest absolute Gasteiger partial charge is 0.317 e. The summed E-state index contributed by atoms with van der Waals surface area (Å²) < 4.78 is 5.39. The van der Waals surface area contributed by atoms with E-state index in [1.165, 1.54) is 11.8 Å². The van der Waals surface area contributed by atoms with Gasteiger partial charge in [-0.2, -0.15) is 0 Å².